The molecule has 0 atom stereocenters. The highest BCUT2D eigenvalue weighted by Crippen LogP contribution is 2.21. The topological polar surface area (TPSA) is 115 Å². The number of amides is 1. The van der Waals surface area contributed by atoms with Gasteiger partial charge in [-0.2, -0.15) is 0 Å². The molecule has 118 valence electrons. The molecule has 0 spiro atoms. The van der Waals surface area contributed by atoms with Gasteiger partial charge < -0.3 is 25.3 Å². The van der Waals surface area contributed by atoms with Crippen LogP contribution in [0.15, 0.2) is 12.1 Å². The minimum absolute atomic E-state index is 0.168. The largest absolute Gasteiger partial charge is 0.501 e. The Balaban J connectivity index is 2.50. The van der Waals surface area contributed by atoms with Gasteiger partial charge in [-0.3, -0.25) is 0 Å². The fourth-order valence-electron chi connectivity index (χ4n) is 1.34. The lowest BCUT2D eigenvalue weighted by molar-refractivity contribution is -0.390. The van der Waals surface area contributed by atoms with Gasteiger partial charge in [0, 0.05) is 19.0 Å². The molecule has 1 rings (SSSR count). The molecule has 1 aromatic heterocycles. The molecule has 0 saturated heterocycles. The molecular weight excluding hydrogens is 290 g/mol. The number of aromatic hydroxyl groups is 1. The molecule has 0 unspecified atom stereocenters. The van der Waals surface area contributed by atoms with Crippen LogP contribution in [0.25, 0.3) is 0 Å². The van der Waals surface area contributed by atoms with E-state index in [0.717, 1.165) is 6.07 Å². The van der Waals surface area contributed by atoms with Crippen molar-refractivity contribution in [2.45, 2.75) is 32.8 Å². The monoisotopic (exact) mass is 307 g/mol. The van der Waals surface area contributed by atoms with Gasteiger partial charge in [-0.15, -0.1) is 0 Å². The van der Waals surface area contributed by atoms with E-state index in [9.17, 15) is 20.0 Å². The zero-order valence-corrected chi connectivity index (χ0v) is 12.5. The normalized spacial score (nSPS) is 10.3. The van der Waals surface area contributed by atoms with Gasteiger partial charge in [0.15, 0.2) is 0 Å². The summed E-state index contributed by atoms with van der Waals surface area (Å²) in [5.74, 6) is 4.19. The number of aromatic nitrogens is 1. The zero-order chi connectivity index (χ0) is 16.8. The second kappa shape index (κ2) is 7.26. The second-order valence-electron chi connectivity index (χ2n) is 5.28. The number of nitrogens with one attached hydrogen (secondary N) is 1. The molecule has 1 aromatic rings. The van der Waals surface area contributed by atoms with Crippen molar-refractivity contribution in [1.82, 2.24) is 10.3 Å². The number of ether oxygens (including phenoxy) is 1. The first-order chi connectivity index (χ1) is 10.2. The maximum atomic E-state index is 11.4. The maximum absolute atomic E-state index is 11.4. The number of hydrogen-bond donors (Lipinski definition) is 2. The Labute approximate surface area is 127 Å². The summed E-state index contributed by atoms with van der Waals surface area (Å²) in [5, 5.41) is 22.4. The van der Waals surface area contributed by atoms with Gasteiger partial charge in [0.1, 0.15) is 5.60 Å². The van der Waals surface area contributed by atoms with Crippen molar-refractivity contribution in [2.24, 2.45) is 0 Å². The average molecular weight is 307 g/mol. The highest BCUT2D eigenvalue weighted by molar-refractivity contribution is 5.67. The van der Waals surface area contributed by atoms with Crippen LogP contribution < -0.4 is 5.32 Å². The molecule has 0 aliphatic heterocycles. The van der Waals surface area contributed by atoms with E-state index in [-0.39, 0.29) is 12.2 Å². The molecule has 0 aliphatic rings. The summed E-state index contributed by atoms with van der Waals surface area (Å²) in [5.41, 5.74) is -0.397. The molecule has 8 heteroatoms. The first-order valence-electron chi connectivity index (χ1n) is 6.49. The minimum Gasteiger partial charge on any atom is -0.501 e. The van der Waals surface area contributed by atoms with Crippen LogP contribution in [0.3, 0.4) is 0 Å². The van der Waals surface area contributed by atoms with E-state index in [0.29, 0.717) is 6.42 Å². The standard InChI is InChI=1S/C14H17N3O5/c1-14(2,3)22-13(19)15-9-5-4-6-10-7-8-11(18)12(16-10)17(20)21/h7-8,18H,5,9H2,1-3H3,(H,15,19). The highest BCUT2D eigenvalue weighted by Gasteiger charge is 2.16. The quantitative estimate of drug-likeness (QED) is 0.382. The SMILES string of the molecule is CC(C)(C)OC(=O)NCCC#Cc1ccc(O)c([N+](=O)[O-])n1. The Morgan fingerprint density at radius 3 is 2.77 bits per heavy atom. The van der Waals surface area contributed by atoms with Crippen LogP contribution in [0.2, 0.25) is 0 Å². The van der Waals surface area contributed by atoms with E-state index in [4.69, 9.17) is 4.74 Å². The van der Waals surface area contributed by atoms with Crippen LogP contribution in [0.5, 0.6) is 5.75 Å². The zero-order valence-electron chi connectivity index (χ0n) is 12.5. The summed E-state index contributed by atoms with van der Waals surface area (Å²) in [4.78, 5) is 24.8. The van der Waals surface area contributed by atoms with E-state index in [1.165, 1.54) is 6.07 Å². The molecule has 0 aliphatic carbocycles. The summed E-state index contributed by atoms with van der Waals surface area (Å²) < 4.78 is 5.04. The summed E-state index contributed by atoms with van der Waals surface area (Å²) in [6, 6.07) is 2.53. The molecule has 8 nitrogen and oxygen atoms in total. The summed E-state index contributed by atoms with van der Waals surface area (Å²) in [6.07, 6.45) is -0.206. The maximum Gasteiger partial charge on any atom is 0.407 e. The van der Waals surface area contributed by atoms with E-state index >= 15 is 0 Å². The molecule has 1 amide bonds. The average Bonchev–Trinajstić information content (AvgIpc) is 2.37. The minimum atomic E-state index is -0.787. The molecule has 22 heavy (non-hydrogen) atoms. The Bertz CT molecular complexity index is 626. The van der Waals surface area contributed by atoms with Gasteiger partial charge >= 0.3 is 11.9 Å². The molecule has 0 saturated carbocycles. The van der Waals surface area contributed by atoms with Crippen LogP contribution in [-0.4, -0.2) is 33.3 Å². The number of pyridine rings is 1. The predicted octanol–water partition coefficient (Wildman–Crippen LogP) is 1.96. The van der Waals surface area contributed by atoms with Crippen LogP contribution in [0.4, 0.5) is 10.6 Å². The Kier molecular flexibility index (Phi) is 5.69. The van der Waals surface area contributed by atoms with Gasteiger partial charge in [0.05, 0.1) is 0 Å². The first-order valence-corrected chi connectivity index (χ1v) is 6.49. The lowest BCUT2D eigenvalue weighted by Gasteiger charge is -2.19. The van der Waals surface area contributed by atoms with Crippen molar-refractivity contribution < 1.29 is 19.6 Å². The summed E-state index contributed by atoms with van der Waals surface area (Å²) >= 11 is 0. The highest BCUT2D eigenvalue weighted by atomic mass is 16.6. The van der Waals surface area contributed by atoms with Crippen molar-refractivity contribution in [1.29, 1.82) is 0 Å². The van der Waals surface area contributed by atoms with Crippen LogP contribution in [0.1, 0.15) is 32.9 Å². The predicted molar refractivity (Wildman–Crippen MR) is 78.3 cm³/mol. The van der Waals surface area contributed by atoms with Crippen LogP contribution in [-0.2, 0) is 4.74 Å². The van der Waals surface area contributed by atoms with Gasteiger partial charge in [-0.05, 0) is 42.7 Å². The van der Waals surface area contributed by atoms with Gasteiger partial charge in [-0.25, -0.2) is 4.79 Å². The van der Waals surface area contributed by atoms with E-state index in [2.05, 4.69) is 22.1 Å². The molecular formula is C14H17N3O5. The number of nitrogens with zero attached hydrogens (tertiary/aromatic N) is 2. The first kappa shape index (κ1) is 17.2. The van der Waals surface area contributed by atoms with Crippen LogP contribution >= 0.6 is 0 Å². The van der Waals surface area contributed by atoms with Crippen molar-refractivity contribution in [2.75, 3.05) is 6.54 Å². The Morgan fingerprint density at radius 1 is 1.50 bits per heavy atom. The Hall–Kier alpha value is -2.82. The third kappa shape index (κ3) is 6.09. The molecule has 0 radical (unpaired) electrons. The second-order valence-corrected chi connectivity index (χ2v) is 5.28. The van der Waals surface area contributed by atoms with Gasteiger partial charge in [0.2, 0.25) is 11.4 Å². The third-order valence-electron chi connectivity index (χ3n) is 2.16. The molecule has 1 heterocycles. The van der Waals surface area contributed by atoms with Crippen molar-refractivity contribution in [3.05, 3.63) is 27.9 Å². The van der Waals surface area contributed by atoms with Crippen molar-refractivity contribution in [3.8, 4) is 17.6 Å². The van der Waals surface area contributed by atoms with E-state index in [1.54, 1.807) is 20.8 Å². The van der Waals surface area contributed by atoms with Crippen molar-refractivity contribution >= 4 is 11.9 Å². The smallest absolute Gasteiger partial charge is 0.407 e. The van der Waals surface area contributed by atoms with Gasteiger partial charge in [-0.1, -0.05) is 5.92 Å². The number of hydrogen-bond acceptors (Lipinski definition) is 6. The summed E-state index contributed by atoms with van der Waals surface area (Å²) in [6.45, 7) is 5.56. The Morgan fingerprint density at radius 2 is 2.18 bits per heavy atom. The number of carbonyl (C=O) groups is 1. The fourth-order valence-corrected chi connectivity index (χ4v) is 1.34. The fraction of sp³-hybridized carbons (Fsp3) is 0.429. The number of rotatable bonds is 3. The molecule has 2 N–H and O–H groups in total. The van der Waals surface area contributed by atoms with E-state index < -0.39 is 28.2 Å². The molecule has 0 bridgehead atoms. The van der Waals surface area contributed by atoms with Crippen molar-refractivity contribution in [3.63, 3.8) is 0 Å². The lowest BCUT2D eigenvalue weighted by atomic mass is 10.2. The number of carbonyl (C=O) groups excluding carboxylic acids is 1. The van der Waals surface area contributed by atoms with Crippen LogP contribution in [0, 0.1) is 22.0 Å². The number of nitro groups is 1. The number of alkyl carbamates (subject to hydrolysis) is 1. The third-order valence-corrected chi connectivity index (χ3v) is 2.16. The van der Waals surface area contributed by atoms with Gasteiger partial charge in [0.25, 0.3) is 0 Å². The molecule has 0 aromatic carbocycles. The summed E-state index contributed by atoms with van der Waals surface area (Å²) in [7, 11) is 0. The van der Waals surface area contributed by atoms with E-state index in [1.807, 2.05) is 0 Å². The molecule has 0 fully saturated rings. The lowest BCUT2D eigenvalue weighted by Crippen LogP contribution is -2.32.